The lowest BCUT2D eigenvalue weighted by Crippen LogP contribution is -2.36. The Morgan fingerprint density at radius 1 is 1.11 bits per heavy atom. The van der Waals surface area contributed by atoms with E-state index in [1.165, 1.54) is 0 Å². The Bertz CT molecular complexity index is 881. The number of methoxy groups -OCH3 is 1. The van der Waals surface area contributed by atoms with Gasteiger partial charge < -0.3 is 19.8 Å². The van der Waals surface area contributed by atoms with Crippen molar-refractivity contribution in [3.63, 3.8) is 0 Å². The van der Waals surface area contributed by atoms with Gasteiger partial charge in [0.25, 0.3) is 0 Å². The van der Waals surface area contributed by atoms with Gasteiger partial charge in [0.15, 0.2) is 5.96 Å². The minimum atomic E-state index is 0. The molecule has 3 aromatic rings. The van der Waals surface area contributed by atoms with E-state index < -0.39 is 0 Å². The van der Waals surface area contributed by atoms with Crippen molar-refractivity contribution < 1.29 is 9.15 Å². The smallest absolute Gasteiger partial charge is 0.226 e. The van der Waals surface area contributed by atoms with Crippen molar-refractivity contribution in [2.75, 3.05) is 13.7 Å². The lowest BCUT2D eigenvalue weighted by molar-refractivity contribution is 0.414. The largest absolute Gasteiger partial charge is 0.497 e. The number of nitrogens with zero attached hydrogens (tertiary/aromatic N) is 2. The number of ether oxygens (including phenoxy) is 1. The fourth-order valence-electron chi connectivity index (χ4n) is 2.56. The lowest BCUT2D eigenvalue weighted by Gasteiger charge is -2.10. The number of halogens is 1. The van der Waals surface area contributed by atoms with Crippen molar-refractivity contribution in [2.45, 2.75) is 20.0 Å². The van der Waals surface area contributed by atoms with E-state index in [9.17, 15) is 0 Å². The average molecular weight is 492 g/mol. The Labute approximate surface area is 182 Å². The standard InChI is InChI=1S/C21H24N4O2.HI/c1-3-22-21(23-13-16-8-7-11-19(12-16)26-2)24-14-18-15-27-20(25-18)17-9-5-4-6-10-17;/h4-12,15H,3,13-14H2,1-2H3,(H2,22,23,24);1H. The van der Waals surface area contributed by atoms with Gasteiger partial charge >= 0.3 is 0 Å². The summed E-state index contributed by atoms with van der Waals surface area (Å²) in [7, 11) is 1.66. The van der Waals surface area contributed by atoms with Crippen LogP contribution in [0.5, 0.6) is 5.75 Å². The van der Waals surface area contributed by atoms with Crippen molar-refractivity contribution in [3.8, 4) is 17.2 Å². The predicted octanol–water partition coefficient (Wildman–Crippen LogP) is 4.22. The first-order chi connectivity index (χ1) is 13.3. The van der Waals surface area contributed by atoms with E-state index in [1.807, 2.05) is 61.5 Å². The van der Waals surface area contributed by atoms with Gasteiger partial charge in [0.05, 0.1) is 25.9 Å². The molecule has 1 aromatic heterocycles. The molecule has 0 bridgehead atoms. The first-order valence-electron chi connectivity index (χ1n) is 8.93. The zero-order chi connectivity index (χ0) is 18.9. The zero-order valence-electron chi connectivity index (χ0n) is 16.0. The quantitative estimate of drug-likeness (QED) is 0.294. The van der Waals surface area contributed by atoms with Gasteiger partial charge in [-0.2, -0.15) is 0 Å². The molecule has 0 aliphatic rings. The van der Waals surface area contributed by atoms with E-state index in [0.717, 1.165) is 35.1 Å². The average Bonchev–Trinajstić information content (AvgIpc) is 3.20. The van der Waals surface area contributed by atoms with Crippen LogP contribution >= 0.6 is 24.0 Å². The predicted molar refractivity (Wildman–Crippen MR) is 122 cm³/mol. The molecule has 0 aliphatic carbocycles. The first kappa shape index (κ1) is 21.7. The summed E-state index contributed by atoms with van der Waals surface area (Å²) in [6.45, 7) is 3.89. The molecule has 1 heterocycles. The third-order valence-electron chi connectivity index (χ3n) is 3.91. The number of guanidine groups is 1. The molecule has 148 valence electrons. The highest BCUT2D eigenvalue weighted by molar-refractivity contribution is 14.0. The summed E-state index contributed by atoms with van der Waals surface area (Å²) >= 11 is 0. The molecule has 0 atom stereocenters. The highest BCUT2D eigenvalue weighted by Gasteiger charge is 2.07. The lowest BCUT2D eigenvalue weighted by atomic mass is 10.2. The van der Waals surface area contributed by atoms with Crippen molar-refractivity contribution in [1.82, 2.24) is 15.6 Å². The normalized spacial score (nSPS) is 10.9. The third kappa shape index (κ3) is 6.26. The van der Waals surface area contributed by atoms with Gasteiger partial charge in [-0.3, -0.25) is 0 Å². The molecule has 0 radical (unpaired) electrons. The second-order valence-corrected chi connectivity index (χ2v) is 5.91. The van der Waals surface area contributed by atoms with E-state index >= 15 is 0 Å². The van der Waals surface area contributed by atoms with Gasteiger partial charge in [-0.1, -0.05) is 30.3 Å². The van der Waals surface area contributed by atoms with Crippen LogP contribution < -0.4 is 15.4 Å². The van der Waals surface area contributed by atoms with Gasteiger partial charge in [0, 0.05) is 12.1 Å². The summed E-state index contributed by atoms with van der Waals surface area (Å²) in [6, 6.07) is 17.7. The Morgan fingerprint density at radius 3 is 2.68 bits per heavy atom. The van der Waals surface area contributed by atoms with Crippen molar-refractivity contribution in [3.05, 3.63) is 72.1 Å². The van der Waals surface area contributed by atoms with Gasteiger partial charge in [-0.15, -0.1) is 24.0 Å². The third-order valence-corrected chi connectivity index (χ3v) is 3.91. The second kappa shape index (κ2) is 11.3. The van der Waals surface area contributed by atoms with Crippen LogP contribution in [-0.4, -0.2) is 24.6 Å². The van der Waals surface area contributed by atoms with Crippen LogP contribution in [0.1, 0.15) is 18.2 Å². The van der Waals surface area contributed by atoms with Crippen LogP contribution in [0.25, 0.3) is 11.5 Å². The van der Waals surface area contributed by atoms with Crippen LogP contribution in [0.15, 0.2) is 70.3 Å². The number of oxazole rings is 1. The number of aliphatic imine (C=N–C) groups is 1. The van der Waals surface area contributed by atoms with Crippen molar-refractivity contribution in [1.29, 1.82) is 0 Å². The fourth-order valence-corrected chi connectivity index (χ4v) is 2.56. The highest BCUT2D eigenvalue weighted by Crippen LogP contribution is 2.17. The number of hydrogen-bond acceptors (Lipinski definition) is 4. The van der Waals surface area contributed by atoms with Crippen LogP contribution in [0.2, 0.25) is 0 Å². The minimum Gasteiger partial charge on any atom is -0.497 e. The Morgan fingerprint density at radius 2 is 1.93 bits per heavy atom. The number of nitrogens with one attached hydrogen (secondary N) is 2. The Kier molecular flexibility index (Phi) is 8.80. The van der Waals surface area contributed by atoms with Crippen LogP contribution in [-0.2, 0) is 13.1 Å². The molecule has 0 spiro atoms. The maximum atomic E-state index is 5.57. The van der Waals surface area contributed by atoms with E-state index in [1.54, 1.807) is 13.4 Å². The molecule has 0 saturated heterocycles. The molecule has 0 unspecified atom stereocenters. The SMILES string of the molecule is CCNC(=NCc1cccc(OC)c1)NCc1coc(-c2ccccc2)n1.I. The molecule has 6 nitrogen and oxygen atoms in total. The summed E-state index contributed by atoms with van der Waals surface area (Å²) in [5.41, 5.74) is 2.86. The Balaban J connectivity index is 0.00000280. The molecule has 2 aromatic carbocycles. The molecule has 0 amide bonds. The molecule has 2 N–H and O–H groups in total. The topological polar surface area (TPSA) is 71.7 Å². The highest BCUT2D eigenvalue weighted by atomic mass is 127. The fraction of sp³-hybridized carbons (Fsp3) is 0.238. The van der Waals surface area contributed by atoms with E-state index in [-0.39, 0.29) is 24.0 Å². The number of benzene rings is 2. The van der Waals surface area contributed by atoms with E-state index in [0.29, 0.717) is 19.0 Å². The summed E-state index contributed by atoms with van der Waals surface area (Å²) < 4.78 is 10.8. The van der Waals surface area contributed by atoms with Gasteiger partial charge in [-0.25, -0.2) is 9.98 Å². The second-order valence-electron chi connectivity index (χ2n) is 5.91. The molecule has 0 fully saturated rings. The van der Waals surface area contributed by atoms with Crippen molar-refractivity contribution >= 4 is 29.9 Å². The number of rotatable bonds is 7. The minimum absolute atomic E-state index is 0. The Hall–Kier alpha value is -2.55. The van der Waals surface area contributed by atoms with Gasteiger partial charge in [-0.05, 0) is 36.8 Å². The molecular formula is C21H25IN4O2. The van der Waals surface area contributed by atoms with Crippen LogP contribution in [0.4, 0.5) is 0 Å². The monoisotopic (exact) mass is 492 g/mol. The van der Waals surface area contributed by atoms with Crippen LogP contribution in [0, 0.1) is 0 Å². The molecule has 0 aliphatic heterocycles. The zero-order valence-corrected chi connectivity index (χ0v) is 18.3. The van der Waals surface area contributed by atoms with E-state index in [2.05, 4.69) is 20.6 Å². The maximum Gasteiger partial charge on any atom is 0.226 e. The summed E-state index contributed by atoms with van der Waals surface area (Å²) in [6.07, 6.45) is 1.67. The number of hydrogen-bond donors (Lipinski definition) is 2. The molecule has 0 saturated carbocycles. The van der Waals surface area contributed by atoms with Crippen LogP contribution in [0.3, 0.4) is 0 Å². The van der Waals surface area contributed by atoms with Gasteiger partial charge in [0.2, 0.25) is 5.89 Å². The number of aromatic nitrogens is 1. The first-order valence-corrected chi connectivity index (χ1v) is 8.93. The molecule has 3 rings (SSSR count). The maximum absolute atomic E-state index is 5.57. The van der Waals surface area contributed by atoms with Crippen molar-refractivity contribution in [2.24, 2.45) is 4.99 Å². The van der Waals surface area contributed by atoms with E-state index in [4.69, 9.17) is 9.15 Å². The van der Waals surface area contributed by atoms with Gasteiger partial charge in [0.1, 0.15) is 12.0 Å². The molecule has 28 heavy (non-hydrogen) atoms. The summed E-state index contributed by atoms with van der Waals surface area (Å²) in [5, 5.41) is 6.53. The molecular weight excluding hydrogens is 467 g/mol. The summed E-state index contributed by atoms with van der Waals surface area (Å²) in [4.78, 5) is 9.14. The molecule has 7 heteroatoms. The summed E-state index contributed by atoms with van der Waals surface area (Å²) in [5.74, 6) is 2.17.